The zero-order valence-electron chi connectivity index (χ0n) is 12.5. The third-order valence-corrected chi connectivity index (χ3v) is 2.87. The number of ether oxygens (including phenoxy) is 1. The van der Waals surface area contributed by atoms with Crippen LogP contribution >= 0.6 is 0 Å². The Balaban J connectivity index is 2.17. The van der Waals surface area contributed by atoms with Crippen molar-refractivity contribution in [1.29, 1.82) is 0 Å². The van der Waals surface area contributed by atoms with E-state index in [-0.39, 0.29) is 0 Å². The summed E-state index contributed by atoms with van der Waals surface area (Å²) in [5, 5.41) is 6.81. The number of hydrogen-bond acceptors (Lipinski definition) is 3. The summed E-state index contributed by atoms with van der Waals surface area (Å²) in [6.07, 6.45) is 2.29. The molecule has 0 fully saturated rings. The van der Waals surface area contributed by atoms with Crippen molar-refractivity contribution in [2.24, 2.45) is 0 Å². The van der Waals surface area contributed by atoms with E-state index in [1.54, 1.807) is 0 Å². The van der Waals surface area contributed by atoms with Gasteiger partial charge in [0.1, 0.15) is 5.75 Å². The molecule has 0 amide bonds. The zero-order chi connectivity index (χ0) is 13.9. The summed E-state index contributed by atoms with van der Waals surface area (Å²) in [7, 11) is 0. The lowest BCUT2D eigenvalue weighted by Crippen LogP contribution is -2.31. The van der Waals surface area contributed by atoms with Crippen LogP contribution < -0.4 is 15.4 Å². The molecule has 2 N–H and O–H groups in total. The van der Waals surface area contributed by atoms with Crippen LogP contribution in [0, 0.1) is 0 Å². The average Bonchev–Trinajstić information content (AvgIpc) is 2.40. The van der Waals surface area contributed by atoms with Gasteiger partial charge in [-0.05, 0) is 24.1 Å². The number of unbranched alkanes of at least 4 members (excludes halogenated alkanes) is 1. The normalized spacial score (nSPS) is 10.9. The summed E-state index contributed by atoms with van der Waals surface area (Å²) in [5.74, 6) is 0.971. The standard InChI is InChI=1S/C16H28N2O/c1-4-5-12-19-16-8-6-15(7-9-16)13-17-10-11-18-14(2)3/h6-9,14,17-18H,4-5,10-13H2,1-3H3. The first-order valence-electron chi connectivity index (χ1n) is 7.38. The average molecular weight is 264 g/mol. The number of rotatable bonds is 10. The van der Waals surface area contributed by atoms with Crippen molar-refractivity contribution in [2.45, 2.75) is 46.2 Å². The molecule has 0 atom stereocenters. The molecule has 0 unspecified atom stereocenters. The molecular formula is C16H28N2O. The van der Waals surface area contributed by atoms with Crippen LogP contribution in [0.1, 0.15) is 39.2 Å². The number of benzene rings is 1. The summed E-state index contributed by atoms with van der Waals surface area (Å²) in [4.78, 5) is 0. The van der Waals surface area contributed by atoms with Crippen LogP contribution in [0.4, 0.5) is 0 Å². The first-order valence-corrected chi connectivity index (χ1v) is 7.38. The van der Waals surface area contributed by atoms with E-state index in [0.29, 0.717) is 6.04 Å². The van der Waals surface area contributed by atoms with Crippen molar-refractivity contribution in [1.82, 2.24) is 10.6 Å². The molecule has 0 bridgehead atoms. The highest BCUT2D eigenvalue weighted by Crippen LogP contribution is 2.12. The van der Waals surface area contributed by atoms with Gasteiger partial charge >= 0.3 is 0 Å². The second kappa shape index (κ2) is 9.82. The van der Waals surface area contributed by atoms with Gasteiger partial charge in [0, 0.05) is 25.7 Å². The maximum absolute atomic E-state index is 5.64. The molecule has 1 aromatic rings. The van der Waals surface area contributed by atoms with Gasteiger partial charge in [-0.15, -0.1) is 0 Å². The highest BCUT2D eigenvalue weighted by Gasteiger charge is 1.96. The van der Waals surface area contributed by atoms with Crippen molar-refractivity contribution >= 4 is 0 Å². The Labute approximate surface area is 117 Å². The fourth-order valence-corrected chi connectivity index (χ4v) is 1.72. The number of nitrogens with one attached hydrogen (secondary N) is 2. The molecule has 0 aromatic heterocycles. The molecule has 0 aliphatic rings. The zero-order valence-corrected chi connectivity index (χ0v) is 12.5. The van der Waals surface area contributed by atoms with Crippen LogP contribution in [0.25, 0.3) is 0 Å². The Morgan fingerprint density at radius 2 is 1.84 bits per heavy atom. The van der Waals surface area contributed by atoms with Gasteiger partial charge in [-0.1, -0.05) is 39.3 Å². The Morgan fingerprint density at radius 3 is 2.47 bits per heavy atom. The van der Waals surface area contributed by atoms with E-state index in [2.05, 4.69) is 55.7 Å². The van der Waals surface area contributed by atoms with Crippen molar-refractivity contribution in [2.75, 3.05) is 19.7 Å². The Hall–Kier alpha value is -1.06. The number of hydrogen-bond donors (Lipinski definition) is 2. The van der Waals surface area contributed by atoms with Crippen molar-refractivity contribution in [3.8, 4) is 5.75 Å². The predicted molar refractivity (Wildman–Crippen MR) is 81.7 cm³/mol. The molecule has 19 heavy (non-hydrogen) atoms. The molecule has 0 saturated carbocycles. The third kappa shape index (κ3) is 7.85. The molecule has 3 nitrogen and oxygen atoms in total. The van der Waals surface area contributed by atoms with Crippen LogP contribution in [0.2, 0.25) is 0 Å². The highest BCUT2D eigenvalue weighted by molar-refractivity contribution is 5.27. The van der Waals surface area contributed by atoms with Crippen molar-refractivity contribution in [3.05, 3.63) is 29.8 Å². The molecule has 1 aromatic carbocycles. The minimum Gasteiger partial charge on any atom is -0.494 e. The van der Waals surface area contributed by atoms with Crippen LogP contribution in [0.5, 0.6) is 5.75 Å². The summed E-state index contributed by atoms with van der Waals surface area (Å²) >= 11 is 0. The van der Waals surface area contributed by atoms with Crippen LogP contribution in [-0.4, -0.2) is 25.7 Å². The fraction of sp³-hybridized carbons (Fsp3) is 0.625. The lowest BCUT2D eigenvalue weighted by Gasteiger charge is -2.10. The van der Waals surface area contributed by atoms with Crippen LogP contribution in [-0.2, 0) is 6.54 Å². The minimum atomic E-state index is 0.557. The summed E-state index contributed by atoms with van der Waals surface area (Å²) in [6.45, 7) is 10.2. The smallest absolute Gasteiger partial charge is 0.119 e. The van der Waals surface area contributed by atoms with Crippen molar-refractivity contribution in [3.63, 3.8) is 0 Å². The molecule has 0 aliphatic carbocycles. The second-order valence-corrected chi connectivity index (χ2v) is 5.13. The molecular weight excluding hydrogens is 236 g/mol. The molecule has 1 rings (SSSR count). The van der Waals surface area contributed by atoms with E-state index in [9.17, 15) is 0 Å². The van der Waals surface area contributed by atoms with E-state index in [1.807, 2.05) is 0 Å². The third-order valence-electron chi connectivity index (χ3n) is 2.87. The molecule has 0 radical (unpaired) electrons. The first-order chi connectivity index (χ1) is 9.22. The van der Waals surface area contributed by atoms with E-state index in [0.717, 1.165) is 38.4 Å². The van der Waals surface area contributed by atoms with Gasteiger partial charge in [-0.2, -0.15) is 0 Å². The predicted octanol–water partition coefficient (Wildman–Crippen LogP) is 2.95. The lowest BCUT2D eigenvalue weighted by atomic mass is 10.2. The largest absolute Gasteiger partial charge is 0.494 e. The van der Waals surface area contributed by atoms with E-state index in [1.165, 1.54) is 12.0 Å². The Kier molecular flexibility index (Phi) is 8.26. The van der Waals surface area contributed by atoms with Gasteiger partial charge in [0.15, 0.2) is 0 Å². The minimum absolute atomic E-state index is 0.557. The summed E-state index contributed by atoms with van der Waals surface area (Å²) in [5.41, 5.74) is 1.30. The molecule has 0 spiro atoms. The van der Waals surface area contributed by atoms with Gasteiger partial charge in [0.05, 0.1) is 6.61 Å². The summed E-state index contributed by atoms with van der Waals surface area (Å²) in [6, 6.07) is 8.92. The quantitative estimate of drug-likeness (QED) is 0.637. The second-order valence-electron chi connectivity index (χ2n) is 5.13. The van der Waals surface area contributed by atoms with Gasteiger partial charge in [0.2, 0.25) is 0 Å². The molecule has 0 heterocycles. The van der Waals surface area contributed by atoms with E-state index < -0.39 is 0 Å². The van der Waals surface area contributed by atoms with E-state index >= 15 is 0 Å². The van der Waals surface area contributed by atoms with E-state index in [4.69, 9.17) is 4.74 Å². The maximum atomic E-state index is 5.64. The monoisotopic (exact) mass is 264 g/mol. The van der Waals surface area contributed by atoms with Gasteiger partial charge in [-0.3, -0.25) is 0 Å². The Morgan fingerprint density at radius 1 is 1.11 bits per heavy atom. The Bertz CT molecular complexity index is 322. The lowest BCUT2D eigenvalue weighted by molar-refractivity contribution is 0.309. The van der Waals surface area contributed by atoms with Crippen LogP contribution in [0.3, 0.4) is 0 Å². The van der Waals surface area contributed by atoms with Gasteiger partial charge in [0.25, 0.3) is 0 Å². The molecule has 3 heteroatoms. The summed E-state index contributed by atoms with van der Waals surface area (Å²) < 4.78 is 5.64. The van der Waals surface area contributed by atoms with Crippen molar-refractivity contribution < 1.29 is 4.74 Å². The molecule has 0 aliphatic heterocycles. The van der Waals surface area contributed by atoms with Gasteiger partial charge < -0.3 is 15.4 Å². The maximum Gasteiger partial charge on any atom is 0.119 e. The fourth-order valence-electron chi connectivity index (χ4n) is 1.72. The topological polar surface area (TPSA) is 33.3 Å². The molecule has 0 saturated heterocycles. The first kappa shape index (κ1) is 16.0. The van der Waals surface area contributed by atoms with Crippen LogP contribution in [0.15, 0.2) is 24.3 Å². The van der Waals surface area contributed by atoms with Gasteiger partial charge in [-0.25, -0.2) is 0 Å². The molecule has 108 valence electrons. The SMILES string of the molecule is CCCCOc1ccc(CNCCNC(C)C)cc1. The highest BCUT2D eigenvalue weighted by atomic mass is 16.5.